The number of carbonyl (C=O) groups excluding carboxylic acids is 2. The molecule has 0 saturated carbocycles. The summed E-state index contributed by atoms with van der Waals surface area (Å²) >= 11 is 0. The quantitative estimate of drug-likeness (QED) is 0.428. The van der Waals surface area contributed by atoms with Crippen molar-refractivity contribution in [3.63, 3.8) is 0 Å². The van der Waals surface area contributed by atoms with Crippen LogP contribution in [-0.4, -0.2) is 64.3 Å². The van der Waals surface area contributed by atoms with Gasteiger partial charge >= 0.3 is 0 Å². The largest absolute Gasteiger partial charge is 0.380 e. The fourth-order valence-corrected chi connectivity index (χ4v) is 1.54. The molecule has 0 bridgehead atoms. The Labute approximate surface area is 127 Å². The molecular formula is C15H29NO5. The fourth-order valence-electron chi connectivity index (χ4n) is 1.54. The summed E-state index contributed by atoms with van der Waals surface area (Å²) in [6, 6.07) is 0. The second kappa shape index (κ2) is 15.6. The Kier molecular flexibility index (Phi) is 15.0. The van der Waals surface area contributed by atoms with Gasteiger partial charge in [0, 0.05) is 19.6 Å². The lowest BCUT2D eigenvalue weighted by molar-refractivity contribution is -0.126. The number of hydrogen-bond acceptors (Lipinski definition) is 6. The molecule has 0 radical (unpaired) electrons. The molecule has 6 nitrogen and oxygen atoms in total. The number of ether oxygens (including phenoxy) is 3. The number of unbranched alkanes of at least 4 members (excludes halogenated alkanes) is 1. The van der Waals surface area contributed by atoms with Gasteiger partial charge in [0.2, 0.25) is 0 Å². The highest BCUT2D eigenvalue weighted by atomic mass is 16.5. The first kappa shape index (κ1) is 20.2. The summed E-state index contributed by atoms with van der Waals surface area (Å²) in [5, 5.41) is 3.18. The van der Waals surface area contributed by atoms with Crippen LogP contribution in [0.3, 0.4) is 0 Å². The number of nitrogens with one attached hydrogen (secondary N) is 1. The molecule has 0 atom stereocenters. The van der Waals surface area contributed by atoms with E-state index in [0.717, 1.165) is 25.9 Å². The highest BCUT2D eigenvalue weighted by Crippen LogP contribution is 1.98. The van der Waals surface area contributed by atoms with Crippen molar-refractivity contribution in [2.45, 2.75) is 33.1 Å². The van der Waals surface area contributed by atoms with Gasteiger partial charge in [-0.15, -0.1) is 0 Å². The monoisotopic (exact) mass is 303 g/mol. The number of ketones is 2. The van der Waals surface area contributed by atoms with Crippen LogP contribution in [0.2, 0.25) is 0 Å². The smallest absolute Gasteiger partial charge is 0.158 e. The Morgan fingerprint density at radius 3 is 2.29 bits per heavy atom. The first-order chi connectivity index (χ1) is 10.2. The molecule has 0 aliphatic carbocycles. The molecule has 0 unspecified atom stereocenters. The van der Waals surface area contributed by atoms with E-state index in [1.54, 1.807) is 0 Å². The van der Waals surface area contributed by atoms with Gasteiger partial charge in [-0.3, -0.25) is 9.59 Å². The zero-order valence-electron chi connectivity index (χ0n) is 13.3. The third-order valence-electron chi connectivity index (χ3n) is 2.61. The SMILES string of the molecule is CCNCCOCCCCC(=O)COCCOCC(C)=O. The van der Waals surface area contributed by atoms with Gasteiger partial charge in [0.1, 0.15) is 13.2 Å². The fraction of sp³-hybridized carbons (Fsp3) is 0.867. The van der Waals surface area contributed by atoms with E-state index in [2.05, 4.69) is 12.2 Å². The van der Waals surface area contributed by atoms with Crippen molar-refractivity contribution in [2.75, 3.05) is 52.7 Å². The Hall–Kier alpha value is -0.820. The Bertz CT molecular complexity index is 271. The molecule has 0 aliphatic rings. The van der Waals surface area contributed by atoms with Crippen LogP contribution >= 0.6 is 0 Å². The van der Waals surface area contributed by atoms with Gasteiger partial charge in [-0.1, -0.05) is 6.92 Å². The minimum absolute atomic E-state index is 0.0150. The molecular weight excluding hydrogens is 274 g/mol. The first-order valence-electron chi connectivity index (χ1n) is 7.62. The third kappa shape index (κ3) is 17.1. The van der Waals surface area contributed by atoms with Crippen molar-refractivity contribution >= 4 is 11.6 Å². The van der Waals surface area contributed by atoms with Crippen LogP contribution in [0.1, 0.15) is 33.1 Å². The van der Waals surface area contributed by atoms with Gasteiger partial charge in [0.05, 0.1) is 19.8 Å². The standard InChI is InChI=1S/C15H29NO5/c1-3-16-7-9-19-8-5-4-6-15(18)13-21-11-10-20-12-14(2)17/h16H,3-13H2,1-2H3. The van der Waals surface area contributed by atoms with Gasteiger partial charge in [-0.05, 0) is 26.3 Å². The summed E-state index contributed by atoms with van der Waals surface area (Å²) in [7, 11) is 0. The van der Waals surface area contributed by atoms with E-state index in [4.69, 9.17) is 14.2 Å². The second-order valence-corrected chi connectivity index (χ2v) is 4.77. The predicted octanol–water partition coefficient (Wildman–Crippen LogP) is 0.974. The molecule has 0 aromatic heterocycles. The number of carbonyl (C=O) groups is 2. The summed E-state index contributed by atoms with van der Waals surface area (Å²) in [5.41, 5.74) is 0. The molecule has 0 spiro atoms. The van der Waals surface area contributed by atoms with Crippen molar-refractivity contribution < 1.29 is 23.8 Å². The molecule has 6 heteroatoms. The minimum atomic E-state index is -0.0150. The topological polar surface area (TPSA) is 73.9 Å². The van der Waals surface area contributed by atoms with Gasteiger partial charge in [0.15, 0.2) is 11.6 Å². The summed E-state index contributed by atoms with van der Waals surface area (Å²) in [5.74, 6) is 0.0768. The minimum Gasteiger partial charge on any atom is -0.380 e. The average molecular weight is 303 g/mol. The molecule has 21 heavy (non-hydrogen) atoms. The number of hydrogen-bond donors (Lipinski definition) is 1. The van der Waals surface area contributed by atoms with E-state index in [1.807, 2.05) is 0 Å². The van der Waals surface area contributed by atoms with Gasteiger partial charge in [0.25, 0.3) is 0 Å². The number of rotatable bonds is 16. The van der Waals surface area contributed by atoms with Crippen LogP contribution in [0.15, 0.2) is 0 Å². The maximum Gasteiger partial charge on any atom is 0.158 e. The molecule has 0 rings (SSSR count). The first-order valence-corrected chi connectivity index (χ1v) is 7.62. The molecule has 124 valence electrons. The molecule has 0 fully saturated rings. The van der Waals surface area contributed by atoms with E-state index in [9.17, 15) is 9.59 Å². The van der Waals surface area contributed by atoms with E-state index in [0.29, 0.717) is 32.8 Å². The third-order valence-corrected chi connectivity index (χ3v) is 2.61. The van der Waals surface area contributed by atoms with Crippen molar-refractivity contribution in [3.8, 4) is 0 Å². The maximum absolute atomic E-state index is 11.5. The van der Waals surface area contributed by atoms with E-state index >= 15 is 0 Å². The van der Waals surface area contributed by atoms with Gasteiger partial charge in [-0.25, -0.2) is 0 Å². The lowest BCUT2D eigenvalue weighted by Gasteiger charge is -2.05. The van der Waals surface area contributed by atoms with Crippen LogP contribution in [0.4, 0.5) is 0 Å². The average Bonchev–Trinajstić information content (AvgIpc) is 2.45. The molecule has 0 heterocycles. The molecule has 0 amide bonds. The van der Waals surface area contributed by atoms with Gasteiger partial charge in [-0.2, -0.15) is 0 Å². The number of Topliss-reactive ketones (excluding diaryl/α,β-unsaturated/α-hetero) is 2. The van der Waals surface area contributed by atoms with Gasteiger partial charge < -0.3 is 19.5 Å². The van der Waals surface area contributed by atoms with Crippen molar-refractivity contribution in [3.05, 3.63) is 0 Å². The Balaban J connectivity index is 3.18. The molecule has 0 aromatic carbocycles. The second-order valence-electron chi connectivity index (χ2n) is 4.77. The highest BCUT2D eigenvalue weighted by Gasteiger charge is 2.02. The zero-order valence-corrected chi connectivity index (χ0v) is 13.3. The molecule has 0 aliphatic heterocycles. The van der Waals surface area contributed by atoms with Crippen molar-refractivity contribution in [2.24, 2.45) is 0 Å². The van der Waals surface area contributed by atoms with E-state index in [1.165, 1.54) is 6.92 Å². The van der Waals surface area contributed by atoms with Crippen LogP contribution in [0.5, 0.6) is 0 Å². The van der Waals surface area contributed by atoms with Crippen LogP contribution in [0, 0.1) is 0 Å². The molecule has 1 N–H and O–H groups in total. The Morgan fingerprint density at radius 2 is 1.62 bits per heavy atom. The summed E-state index contributed by atoms with van der Waals surface area (Å²) in [6.45, 7) is 7.66. The zero-order chi connectivity index (χ0) is 15.8. The van der Waals surface area contributed by atoms with E-state index in [-0.39, 0.29) is 24.8 Å². The summed E-state index contributed by atoms with van der Waals surface area (Å²) in [6.07, 6.45) is 2.23. The van der Waals surface area contributed by atoms with Crippen LogP contribution in [-0.2, 0) is 23.8 Å². The maximum atomic E-state index is 11.5. The van der Waals surface area contributed by atoms with Crippen molar-refractivity contribution in [1.29, 1.82) is 0 Å². The summed E-state index contributed by atoms with van der Waals surface area (Å²) in [4.78, 5) is 22.1. The summed E-state index contributed by atoms with van der Waals surface area (Å²) < 4.78 is 15.6. The lowest BCUT2D eigenvalue weighted by atomic mass is 10.2. The van der Waals surface area contributed by atoms with Crippen molar-refractivity contribution in [1.82, 2.24) is 5.32 Å². The normalized spacial score (nSPS) is 10.8. The van der Waals surface area contributed by atoms with E-state index < -0.39 is 0 Å². The molecule has 0 saturated heterocycles. The van der Waals surface area contributed by atoms with Crippen LogP contribution in [0.25, 0.3) is 0 Å². The number of likely N-dealkylation sites (N-methyl/N-ethyl adjacent to an activating group) is 1. The highest BCUT2D eigenvalue weighted by molar-refractivity contribution is 5.79. The lowest BCUT2D eigenvalue weighted by Crippen LogP contribution is -2.19. The molecule has 0 aromatic rings. The Morgan fingerprint density at radius 1 is 0.905 bits per heavy atom. The van der Waals surface area contributed by atoms with Crippen LogP contribution < -0.4 is 5.32 Å². The predicted molar refractivity (Wildman–Crippen MR) is 80.5 cm³/mol.